The number of thioether (sulfide) groups is 1. The van der Waals surface area contributed by atoms with Crippen molar-refractivity contribution in [2.45, 2.75) is 50.7 Å². The summed E-state index contributed by atoms with van der Waals surface area (Å²) in [7, 11) is 0. The third-order valence-electron chi connectivity index (χ3n) is 3.16. The summed E-state index contributed by atoms with van der Waals surface area (Å²) in [6.07, 6.45) is 8.78. The van der Waals surface area contributed by atoms with Crippen molar-refractivity contribution in [2.75, 3.05) is 24.7 Å². The molecule has 0 radical (unpaired) electrons. The zero-order valence-electron chi connectivity index (χ0n) is 9.45. The van der Waals surface area contributed by atoms with Crippen LogP contribution in [0.15, 0.2) is 0 Å². The zero-order valence-corrected chi connectivity index (χ0v) is 10.3. The van der Waals surface area contributed by atoms with E-state index in [0.29, 0.717) is 12.2 Å². The first kappa shape index (κ1) is 11.7. The van der Waals surface area contributed by atoms with Crippen LogP contribution in [0.4, 0.5) is 0 Å². The Bertz CT molecular complexity index is 145. The molecule has 2 saturated heterocycles. The van der Waals surface area contributed by atoms with Gasteiger partial charge in [-0.1, -0.05) is 0 Å². The lowest BCUT2D eigenvalue weighted by Gasteiger charge is -2.25. The molecule has 0 saturated carbocycles. The Morgan fingerprint density at radius 1 is 0.800 bits per heavy atom. The SMILES string of the molecule is C1CCC(CSCC2CCCCO2)OC1. The topological polar surface area (TPSA) is 18.5 Å². The van der Waals surface area contributed by atoms with E-state index in [1.54, 1.807) is 0 Å². The molecule has 88 valence electrons. The smallest absolute Gasteiger partial charge is 0.0665 e. The van der Waals surface area contributed by atoms with Crippen molar-refractivity contribution < 1.29 is 9.47 Å². The summed E-state index contributed by atoms with van der Waals surface area (Å²) >= 11 is 2.02. The van der Waals surface area contributed by atoms with Crippen LogP contribution < -0.4 is 0 Å². The maximum atomic E-state index is 5.71. The predicted octanol–water partition coefficient (Wildman–Crippen LogP) is 2.86. The molecular formula is C12H22O2S. The predicted molar refractivity (Wildman–Crippen MR) is 64.5 cm³/mol. The van der Waals surface area contributed by atoms with Crippen molar-refractivity contribution in [3.63, 3.8) is 0 Å². The van der Waals surface area contributed by atoms with Gasteiger partial charge in [0.15, 0.2) is 0 Å². The van der Waals surface area contributed by atoms with Crippen molar-refractivity contribution in [1.82, 2.24) is 0 Å². The fraction of sp³-hybridized carbons (Fsp3) is 1.00. The van der Waals surface area contributed by atoms with E-state index in [9.17, 15) is 0 Å². The van der Waals surface area contributed by atoms with Crippen molar-refractivity contribution in [3.8, 4) is 0 Å². The molecule has 0 aliphatic carbocycles. The summed E-state index contributed by atoms with van der Waals surface area (Å²) in [5.41, 5.74) is 0. The van der Waals surface area contributed by atoms with E-state index in [-0.39, 0.29) is 0 Å². The van der Waals surface area contributed by atoms with E-state index in [2.05, 4.69) is 0 Å². The van der Waals surface area contributed by atoms with Gasteiger partial charge in [-0.3, -0.25) is 0 Å². The Hall–Kier alpha value is 0.270. The first-order valence-corrected chi connectivity index (χ1v) is 7.41. The Morgan fingerprint density at radius 2 is 1.33 bits per heavy atom. The minimum Gasteiger partial charge on any atom is -0.377 e. The van der Waals surface area contributed by atoms with Crippen LogP contribution in [0, 0.1) is 0 Å². The fourth-order valence-corrected chi connectivity index (χ4v) is 3.40. The average molecular weight is 230 g/mol. The van der Waals surface area contributed by atoms with E-state index in [1.165, 1.54) is 50.0 Å². The summed E-state index contributed by atoms with van der Waals surface area (Å²) in [4.78, 5) is 0. The molecule has 2 fully saturated rings. The van der Waals surface area contributed by atoms with Crippen LogP contribution in [0.5, 0.6) is 0 Å². The number of hydrogen-bond donors (Lipinski definition) is 0. The average Bonchev–Trinajstić information content (AvgIpc) is 2.32. The van der Waals surface area contributed by atoms with Gasteiger partial charge < -0.3 is 9.47 Å². The maximum Gasteiger partial charge on any atom is 0.0665 e. The minimum absolute atomic E-state index is 0.521. The molecule has 0 aromatic carbocycles. The van der Waals surface area contributed by atoms with Gasteiger partial charge in [0.25, 0.3) is 0 Å². The lowest BCUT2D eigenvalue weighted by Crippen LogP contribution is -2.24. The fourth-order valence-electron chi connectivity index (χ4n) is 2.21. The molecule has 0 spiro atoms. The third kappa shape index (κ3) is 4.33. The highest BCUT2D eigenvalue weighted by Crippen LogP contribution is 2.21. The van der Waals surface area contributed by atoms with Crippen molar-refractivity contribution in [2.24, 2.45) is 0 Å². The van der Waals surface area contributed by atoms with Gasteiger partial charge in [-0.05, 0) is 38.5 Å². The molecule has 0 bridgehead atoms. The largest absolute Gasteiger partial charge is 0.377 e. The third-order valence-corrected chi connectivity index (χ3v) is 4.37. The van der Waals surface area contributed by atoms with Gasteiger partial charge >= 0.3 is 0 Å². The van der Waals surface area contributed by atoms with Crippen LogP contribution in [0.2, 0.25) is 0 Å². The molecule has 2 aliphatic heterocycles. The van der Waals surface area contributed by atoms with Crippen molar-refractivity contribution in [1.29, 1.82) is 0 Å². The van der Waals surface area contributed by atoms with Gasteiger partial charge in [0, 0.05) is 24.7 Å². The molecule has 15 heavy (non-hydrogen) atoms. The van der Waals surface area contributed by atoms with Crippen LogP contribution in [-0.4, -0.2) is 36.9 Å². The summed E-state index contributed by atoms with van der Waals surface area (Å²) in [5, 5.41) is 0. The van der Waals surface area contributed by atoms with Crippen LogP contribution in [0.1, 0.15) is 38.5 Å². The number of hydrogen-bond acceptors (Lipinski definition) is 3. The van der Waals surface area contributed by atoms with E-state index in [0.717, 1.165) is 13.2 Å². The molecular weight excluding hydrogens is 208 g/mol. The van der Waals surface area contributed by atoms with Gasteiger partial charge in [0.2, 0.25) is 0 Å². The Kier molecular flexibility index (Phi) is 5.30. The van der Waals surface area contributed by atoms with Crippen molar-refractivity contribution >= 4 is 11.8 Å². The number of ether oxygens (including phenoxy) is 2. The maximum absolute atomic E-state index is 5.71. The minimum atomic E-state index is 0.521. The van der Waals surface area contributed by atoms with Gasteiger partial charge in [-0.15, -0.1) is 0 Å². The van der Waals surface area contributed by atoms with Crippen LogP contribution in [0.25, 0.3) is 0 Å². The Labute approximate surface area is 97.1 Å². The normalized spacial score (nSPS) is 32.8. The molecule has 2 unspecified atom stereocenters. The molecule has 2 aliphatic rings. The van der Waals surface area contributed by atoms with E-state index < -0.39 is 0 Å². The molecule has 0 N–H and O–H groups in total. The standard InChI is InChI=1S/C12H22O2S/c1-3-7-13-11(5-1)9-15-10-12-6-2-4-8-14-12/h11-12H,1-10H2. The van der Waals surface area contributed by atoms with Gasteiger partial charge in [-0.25, -0.2) is 0 Å². The Morgan fingerprint density at radius 3 is 1.73 bits per heavy atom. The lowest BCUT2D eigenvalue weighted by atomic mass is 10.1. The summed E-state index contributed by atoms with van der Waals surface area (Å²) in [5.74, 6) is 2.33. The molecule has 0 aromatic heterocycles. The lowest BCUT2D eigenvalue weighted by molar-refractivity contribution is 0.0282. The molecule has 3 heteroatoms. The molecule has 0 amide bonds. The van der Waals surface area contributed by atoms with Crippen LogP contribution in [0.3, 0.4) is 0 Å². The molecule has 2 heterocycles. The van der Waals surface area contributed by atoms with Crippen molar-refractivity contribution in [3.05, 3.63) is 0 Å². The second-order valence-electron chi connectivity index (χ2n) is 4.51. The number of rotatable bonds is 4. The summed E-state index contributed by atoms with van der Waals surface area (Å²) < 4.78 is 11.4. The van der Waals surface area contributed by atoms with Crippen LogP contribution >= 0.6 is 11.8 Å². The second-order valence-corrected chi connectivity index (χ2v) is 5.59. The quantitative estimate of drug-likeness (QED) is 0.740. The zero-order chi connectivity index (χ0) is 10.3. The summed E-state index contributed by atoms with van der Waals surface area (Å²) in [6.45, 7) is 1.95. The van der Waals surface area contributed by atoms with E-state index >= 15 is 0 Å². The van der Waals surface area contributed by atoms with Gasteiger partial charge in [0.05, 0.1) is 12.2 Å². The highest BCUT2D eigenvalue weighted by Gasteiger charge is 2.17. The van der Waals surface area contributed by atoms with Gasteiger partial charge in [0.1, 0.15) is 0 Å². The highest BCUT2D eigenvalue weighted by molar-refractivity contribution is 7.99. The first-order valence-electron chi connectivity index (χ1n) is 6.26. The van der Waals surface area contributed by atoms with Gasteiger partial charge in [-0.2, -0.15) is 11.8 Å². The molecule has 2 nitrogen and oxygen atoms in total. The monoisotopic (exact) mass is 230 g/mol. The molecule has 0 aromatic rings. The van der Waals surface area contributed by atoms with E-state index in [4.69, 9.17) is 9.47 Å². The first-order chi connectivity index (χ1) is 7.45. The molecule has 2 atom stereocenters. The van der Waals surface area contributed by atoms with Crippen LogP contribution in [-0.2, 0) is 9.47 Å². The molecule has 2 rings (SSSR count). The second kappa shape index (κ2) is 6.77. The Balaban J connectivity index is 1.53. The highest BCUT2D eigenvalue weighted by atomic mass is 32.2. The van der Waals surface area contributed by atoms with E-state index in [1.807, 2.05) is 11.8 Å². The summed E-state index contributed by atoms with van der Waals surface area (Å²) in [6, 6.07) is 0.